The van der Waals surface area contributed by atoms with Gasteiger partial charge < -0.3 is 19.6 Å². The molecule has 0 saturated heterocycles. The zero-order chi connectivity index (χ0) is 19.1. The Morgan fingerprint density at radius 2 is 1.85 bits per heavy atom. The molecule has 2 heterocycles. The van der Waals surface area contributed by atoms with Gasteiger partial charge in [0.1, 0.15) is 0 Å². The second-order valence-electron chi connectivity index (χ2n) is 5.45. The van der Waals surface area contributed by atoms with Gasteiger partial charge in [-0.15, -0.1) is 0 Å². The number of fused-ring (bicyclic) bond motifs is 1. The molecule has 0 fully saturated rings. The molecule has 0 aliphatic heterocycles. The summed E-state index contributed by atoms with van der Waals surface area (Å²) in [6, 6.07) is 5.93. The number of hydrogen-bond acceptors (Lipinski definition) is 4. The lowest BCUT2D eigenvalue weighted by Gasteiger charge is -2.10. The summed E-state index contributed by atoms with van der Waals surface area (Å²) in [6.07, 6.45) is -3.59. The molecule has 0 saturated carbocycles. The second kappa shape index (κ2) is 6.69. The van der Waals surface area contributed by atoms with E-state index >= 15 is 0 Å². The van der Waals surface area contributed by atoms with E-state index < -0.39 is 11.7 Å². The first-order valence-corrected chi connectivity index (χ1v) is 7.88. The first-order valence-electron chi connectivity index (χ1n) is 7.50. The van der Waals surface area contributed by atoms with Crippen LogP contribution < -0.4 is 15.2 Å². The van der Waals surface area contributed by atoms with Crippen molar-refractivity contribution >= 4 is 17.2 Å². The van der Waals surface area contributed by atoms with Gasteiger partial charge in [-0.05, 0) is 24.3 Å². The largest absolute Gasteiger partial charge is 0.493 e. The van der Waals surface area contributed by atoms with E-state index in [-0.39, 0.29) is 17.2 Å². The maximum absolute atomic E-state index is 13.1. The maximum atomic E-state index is 13.1. The highest BCUT2D eigenvalue weighted by Gasteiger charge is 2.32. The molecule has 26 heavy (non-hydrogen) atoms. The van der Waals surface area contributed by atoms with Crippen molar-refractivity contribution in [2.75, 3.05) is 14.2 Å². The number of ether oxygens (including phenoxy) is 2. The van der Waals surface area contributed by atoms with Crippen molar-refractivity contribution in [3.63, 3.8) is 0 Å². The van der Waals surface area contributed by atoms with Crippen LogP contribution in [0.5, 0.6) is 11.5 Å². The number of aromatic nitrogens is 2. The molecule has 3 rings (SSSR count). The van der Waals surface area contributed by atoms with Gasteiger partial charge in [-0.1, -0.05) is 11.6 Å². The van der Waals surface area contributed by atoms with E-state index in [0.29, 0.717) is 28.5 Å². The topological polar surface area (TPSA) is 61.8 Å². The number of imidazole rings is 1. The van der Waals surface area contributed by atoms with Gasteiger partial charge in [-0.25, -0.2) is 4.98 Å². The van der Waals surface area contributed by atoms with Crippen LogP contribution in [0.1, 0.15) is 11.3 Å². The zero-order valence-corrected chi connectivity index (χ0v) is 14.6. The van der Waals surface area contributed by atoms with Gasteiger partial charge in [0, 0.05) is 18.3 Å². The summed E-state index contributed by atoms with van der Waals surface area (Å²) in [4.78, 5) is 4.39. The van der Waals surface area contributed by atoms with E-state index in [1.54, 1.807) is 18.2 Å². The SMILES string of the molecule is COc1ccc(-c2nc3c(Cl)cc(C(F)(F)F)cn3c2CN)cc1OC. The Labute approximate surface area is 152 Å². The number of alkyl halides is 3. The summed E-state index contributed by atoms with van der Waals surface area (Å²) in [5.41, 5.74) is 6.57. The second-order valence-corrected chi connectivity index (χ2v) is 5.86. The van der Waals surface area contributed by atoms with Crippen molar-refractivity contribution in [3.8, 4) is 22.8 Å². The fraction of sp³-hybridized carbons (Fsp3) is 0.235. The van der Waals surface area contributed by atoms with E-state index in [0.717, 1.165) is 12.3 Å². The van der Waals surface area contributed by atoms with Crippen LogP contribution in [0.3, 0.4) is 0 Å². The normalized spacial score (nSPS) is 11.8. The van der Waals surface area contributed by atoms with Crippen LogP contribution >= 0.6 is 11.6 Å². The Bertz CT molecular complexity index is 970. The zero-order valence-electron chi connectivity index (χ0n) is 13.9. The van der Waals surface area contributed by atoms with Crippen LogP contribution in [-0.2, 0) is 12.7 Å². The molecule has 0 amide bonds. The third-order valence-electron chi connectivity index (χ3n) is 3.95. The Morgan fingerprint density at radius 1 is 1.15 bits per heavy atom. The first-order chi connectivity index (χ1) is 12.3. The van der Waals surface area contributed by atoms with E-state index in [9.17, 15) is 13.2 Å². The summed E-state index contributed by atoms with van der Waals surface area (Å²) in [7, 11) is 2.99. The molecule has 1 aromatic carbocycles. The van der Waals surface area contributed by atoms with Gasteiger partial charge in [0.25, 0.3) is 0 Å². The molecule has 0 spiro atoms. The minimum atomic E-state index is -4.53. The van der Waals surface area contributed by atoms with Crippen molar-refractivity contribution in [1.82, 2.24) is 9.38 Å². The van der Waals surface area contributed by atoms with Gasteiger partial charge in [-0.2, -0.15) is 13.2 Å². The average Bonchev–Trinajstić information content (AvgIpc) is 2.99. The molecule has 0 aliphatic carbocycles. The van der Waals surface area contributed by atoms with Crippen molar-refractivity contribution in [2.24, 2.45) is 5.73 Å². The molecule has 138 valence electrons. The predicted octanol–water partition coefficient (Wildman–Crippen LogP) is 4.15. The van der Waals surface area contributed by atoms with Gasteiger partial charge in [0.2, 0.25) is 0 Å². The van der Waals surface area contributed by atoms with E-state index in [2.05, 4.69) is 4.98 Å². The number of hydrogen-bond donors (Lipinski definition) is 1. The first kappa shape index (κ1) is 18.3. The van der Waals surface area contributed by atoms with E-state index in [1.165, 1.54) is 18.6 Å². The highest BCUT2D eigenvalue weighted by molar-refractivity contribution is 6.33. The Kier molecular flexibility index (Phi) is 4.72. The predicted molar refractivity (Wildman–Crippen MR) is 91.6 cm³/mol. The third-order valence-corrected chi connectivity index (χ3v) is 4.23. The molecule has 0 radical (unpaired) electrons. The highest BCUT2D eigenvalue weighted by Crippen LogP contribution is 2.37. The summed E-state index contributed by atoms with van der Waals surface area (Å²) >= 11 is 6.04. The van der Waals surface area contributed by atoms with Crippen LogP contribution in [0.15, 0.2) is 30.5 Å². The molecule has 2 N–H and O–H groups in total. The van der Waals surface area contributed by atoms with Crippen molar-refractivity contribution in [2.45, 2.75) is 12.7 Å². The number of nitrogens with zero attached hydrogens (tertiary/aromatic N) is 2. The standard InChI is InChI=1S/C17H15ClF3N3O2/c1-25-13-4-3-9(5-14(13)26-2)15-12(7-22)24-8-10(17(19,20)21)6-11(18)16(24)23-15/h3-6,8H,7,22H2,1-2H3. The number of rotatable bonds is 4. The number of pyridine rings is 1. The van der Waals surface area contributed by atoms with Crippen molar-refractivity contribution in [1.29, 1.82) is 0 Å². The lowest BCUT2D eigenvalue weighted by molar-refractivity contribution is -0.137. The van der Waals surface area contributed by atoms with Crippen molar-refractivity contribution in [3.05, 3.63) is 46.7 Å². The monoisotopic (exact) mass is 385 g/mol. The molecule has 2 aromatic heterocycles. The van der Waals surface area contributed by atoms with Crippen LogP contribution in [0.2, 0.25) is 5.02 Å². The van der Waals surface area contributed by atoms with Crippen LogP contribution in [0.4, 0.5) is 13.2 Å². The number of benzene rings is 1. The Balaban J connectivity index is 2.26. The Hall–Kier alpha value is -2.45. The maximum Gasteiger partial charge on any atom is 0.417 e. The smallest absolute Gasteiger partial charge is 0.417 e. The van der Waals surface area contributed by atoms with Gasteiger partial charge in [0.15, 0.2) is 17.1 Å². The highest BCUT2D eigenvalue weighted by atomic mass is 35.5. The lowest BCUT2D eigenvalue weighted by Crippen LogP contribution is -2.09. The molecular weight excluding hydrogens is 371 g/mol. The molecule has 9 heteroatoms. The molecule has 0 unspecified atom stereocenters. The fourth-order valence-corrected chi connectivity index (χ4v) is 2.97. The molecule has 0 aliphatic rings. The van der Waals surface area contributed by atoms with E-state index in [4.69, 9.17) is 26.8 Å². The quantitative estimate of drug-likeness (QED) is 0.733. The summed E-state index contributed by atoms with van der Waals surface area (Å²) < 4.78 is 51.0. The molecule has 5 nitrogen and oxygen atoms in total. The number of nitrogens with two attached hydrogens (primary N) is 1. The molecular formula is C17H15ClF3N3O2. The van der Waals surface area contributed by atoms with Gasteiger partial charge in [-0.3, -0.25) is 0 Å². The number of methoxy groups -OCH3 is 2. The fourth-order valence-electron chi connectivity index (χ4n) is 2.72. The number of halogens is 4. The summed E-state index contributed by atoms with van der Waals surface area (Å²) in [6.45, 7) is -0.0253. The third kappa shape index (κ3) is 3.06. The summed E-state index contributed by atoms with van der Waals surface area (Å²) in [5, 5.41) is -0.110. The lowest BCUT2D eigenvalue weighted by atomic mass is 10.1. The molecule has 0 bridgehead atoms. The van der Waals surface area contributed by atoms with Crippen molar-refractivity contribution < 1.29 is 22.6 Å². The van der Waals surface area contributed by atoms with E-state index in [1.807, 2.05) is 0 Å². The average molecular weight is 386 g/mol. The summed E-state index contributed by atoms with van der Waals surface area (Å²) in [5.74, 6) is 0.985. The van der Waals surface area contributed by atoms with Crippen LogP contribution in [0, 0.1) is 0 Å². The minimum absolute atomic E-state index is 0.0253. The molecule has 0 atom stereocenters. The van der Waals surface area contributed by atoms with Gasteiger partial charge in [0.05, 0.1) is 36.2 Å². The Morgan fingerprint density at radius 3 is 2.42 bits per heavy atom. The van der Waals surface area contributed by atoms with Gasteiger partial charge >= 0.3 is 6.18 Å². The van der Waals surface area contributed by atoms with Crippen LogP contribution in [-0.4, -0.2) is 23.6 Å². The van der Waals surface area contributed by atoms with Crippen LogP contribution in [0.25, 0.3) is 16.9 Å². The minimum Gasteiger partial charge on any atom is -0.493 e. The molecule has 3 aromatic rings.